The predicted octanol–water partition coefficient (Wildman–Crippen LogP) is 1.87. The summed E-state index contributed by atoms with van der Waals surface area (Å²) in [6.07, 6.45) is 2.63. The fraction of sp³-hybridized carbons (Fsp3) is 0.417. The van der Waals surface area contributed by atoms with Crippen molar-refractivity contribution < 1.29 is 0 Å². The zero-order chi connectivity index (χ0) is 13.0. The number of halogens is 1. The van der Waals surface area contributed by atoms with Crippen LogP contribution in [0.4, 0.5) is 0 Å². The Bertz CT molecular complexity index is 477. The molecular weight excluding hydrogens is 294 g/mol. The largest absolute Gasteiger partial charge is 0.309 e. The molecule has 96 valence electrons. The van der Waals surface area contributed by atoms with Crippen molar-refractivity contribution in [3.05, 3.63) is 40.4 Å². The van der Waals surface area contributed by atoms with Crippen molar-refractivity contribution in [2.24, 2.45) is 7.05 Å². The first kappa shape index (κ1) is 13.2. The number of nitrogens with zero attached hydrogens (tertiary/aromatic N) is 4. The lowest BCUT2D eigenvalue weighted by molar-refractivity contribution is 0.500. The molecule has 18 heavy (non-hydrogen) atoms. The molecule has 2 heterocycles. The third kappa shape index (κ3) is 2.94. The Morgan fingerprint density at radius 3 is 2.83 bits per heavy atom. The first-order valence-corrected chi connectivity index (χ1v) is 6.70. The zero-order valence-electron chi connectivity index (χ0n) is 10.5. The van der Waals surface area contributed by atoms with Crippen LogP contribution in [0.1, 0.15) is 24.4 Å². The van der Waals surface area contributed by atoms with E-state index in [-0.39, 0.29) is 6.04 Å². The average molecular weight is 310 g/mol. The van der Waals surface area contributed by atoms with Crippen molar-refractivity contribution in [2.75, 3.05) is 6.54 Å². The molecule has 1 atom stereocenters. The molecular formula is C12H16BrN5. The van der Waals surface area contributed by atoms with Gasteiger partial charge in [0.25, 0.3) is 0 Å². The first-order chi connectivity index (χ1) is 8.72. The summed E-state index contributed by atoms with van der Waals surface area (Å²) in [5, 5.41) is 11.5. The van der Waals surface area contributed by atoms with Gasteiger partial charge in [-0.15, -0.1) is 5.10 Å². The number of aryl methyl sites for hydroxylation is 1. The van der Waals surface area contributed by atoms with E-state index in [1.54, 1.807) is 4.68 Å². The number of hydrogen-bond donors (Lipinski definition) is 1. The van der Waals surface area contributed by atoms with Crippen LogP contribution in [0.3, 0.4) is 0 Å². The van der Waals surface area contributed by atoms with Gasteiger partial charge in [0.05, 0.1) is 11.7 Å². The standard InChI is InChI=1S/C12H16BrN5/c1-3-14-10(8-9-6-4-5-7-15-9)11-12(13)16-17-18(11)2/h4-7,10,14H,3,8H2,1-2H3. The Hall–Kier alpha value is -1.27. The number of pyridine rings is 1. The van der Waals surface area contributed by atoms with Gasteiger partial charge in [-0.05, 0) is 34.6 Å². The van der Waals surface area contributed by atoms with Crippen LogP contribution >= 0.6 is 15.9 Å². The summed E-state index contributed by atoms with van der Waals surface area (Å²) >= 11 is 3.45. The molecule has 0 aliphatic heterocycles. The normalized spacial score (nSPS) is 12.6. The predicted molar refractivity (Wildman–Crippen MR) is 73.1 cm³/mol. The fourth-order valence-electron chi connectivity index (χ4n) is 1.95. The number of aromatic nitrogens is 4. The second-order valence-corrected chi connectivity index (χ2v) is 4.78. The van der Waals surface area contributed by atoms with Crippen LogP contribution in [0, 0.1) is 0 Å². The molecule has 0 aromatic carbocycles. The molecule has 0 bridgehead atoms. The van der Waals surface area contributed by atoms with Crippen molar-refractivity contribution in [1.82, 2.24) is 25.3 Å². The lowest BCUT2D eigenvalue weighted by Gasteiger charge is -2.17. The van der Waals surface area contributed by atoms with E-state index in [0.717, 1.165) is 29.0 Å². The van der Waals surface area contributed by atoms with Crippen LogP contribution in [-0.2, 0) is 13.5 Å². The van der Waals surface area contributed by atoms with Crippen LogP contribution in [0.5, 0.6) is 0 Å². The van der Waals surface area contributed by atoms with E-state index in [9.17, 15) is 0 Å². The summed E-state index contributed by atoms with van der Waals surface area (Å²) in [7, 11) is 1.90. The van der Waals surface area contributed by atoms with Gasteiger partial charge in [-0.2, -0.15) is 0 Å². The number of hydrogen-bond acceptors (Lipinski definition) is 4. The summed E-state index contributed by atoms with van der Waals surface area (Å²) < 4.78 is 2.58. The highest BCUT2D eigenvalue weighted by molar-refractivity contribution is 9.10. The van der Waals surface area contributed by atoms with Crippen molar-refractivity contribution >= 4 is 15.9 Å². The van der Waals surface area contributed by atoms with Crippen LogP contribution in [-0.4, -0.2) is 26.5 Å². The Morgan fingerprint density at radius 1 is 1.44 bits per heavy atom. The van der Waals surface area contributed by atoms with Crippen LogP contribution in [0.2, 0.25) is 0 Å². The van der Waals surface area contributed by atoms with Gasteiger partial charge in [-0.25, -0.2) is 4.68 Å². The smallest absolute Gasteiger partial charge is 0.153 e. The lowest BCUT2D eigenvalue weighted by Crippen LogP contribution is -2.25. The van der Waals surface area contributed by atoms with Crippen LogP contribution in [0.25, 0.3) is 0 Å². The first-order valence-electron chi connectivity index (χ1n) is 5.90. The summed E-state index contributed by atoms with van der Waals surface area (Å²) in [6.45, 7) is 2.97. The third-order valence-corrected chi connectivity index (χ3v) is 3.31. The van der Waals surface area contributed by atoms with Gasteiger partial charge in [-0.3, -0.25) is 4.98 Å². The SMILES string of the molecule is CCNC(Cc1ccccn1)c1c(Br)nnn1C. The lowest BCUT2D eigenvalue weighted by atomic mass is 10.1. The van der Waals surface area contributed by atoms with Gasteiger partial charge in [0.15, 0.2) is 4.60 Å². The van der Waals surface area contributed by atoms with E-state index in [0.29, 0.717) is 0 Å². The van der Waals surface area contributed by atoms with E-state index < -0.39 is 0 Å². The average Bonchev–Trinajstić information content (AvgIpc) is 2.70. The number of likely N-dealkylation sites (N-methyl/N-ethyl adjacent to an activating group) is 1. The third-order valence-electron chi connectivity index (χ3n) is 2.75. The van der Waals surface area contributed by atoms with Crippen molar-refractivity contribution in [2.45, 2.75) is 19.4 Å². The van der Waals surface area contributed by atoms with Gasteiger partial charge in [-0.1, -0.05) is 18.2 Å². The molecule has 1 N–H and O–H groups in total. The van der Waals surface area contributed by atoms with E-state index in [2.05, 4.69) is 43.5 Å². The summed E-state index contributed by atoms with van der Waals surface area (Å²) in [6, 6.07) is 6.11. The Morgan fingerprint density at radius 2 is 2.28 bits per heavy atom. The van der Waals surface area contributed by atoms with Crippen LogP contribution in [0.15, 0.2) is 29.0 Å². The van der Waals surface area contributed by atoms with Gasteiger partial charge in [0.1, 0.15) is 0 Å². The molecule has 0 aliphatic carbocycles. The Labute approximate surface area is 115 Å². The second-order valence-electron chi connectivity index (χ2n) is 4.02. The quantitative estimate of drug-likeness (QED) is 0.916. The Kier molecular flexibility index (Phi) is 4.43. The molecule has 2 aromatic heterocycles. The van der Waals surface area contributed by atoms with E-state index in [1.165, 1.54) is 0 Å². The maximum Gasteiger partial charge on any atom is 0.153 e. The van der Waals surface area contributed by atoms with Crippen molar-refractivity contribution in [3.8, 4) is 0 Å². The summed E-state index contributed by atoms with van der Waals surface area (Å²) in [5.41, 5.74) is 2.10. The topological polar surface area (TPSA) is 55.6 Å². The molecule has 2 rings (SSSR count). The van der Waals surface area contributed by atoms with E-state index in [4.69, 9.17) is 0 Å². The molecule has 0 radical (unpaired) electrons. The van der Waals surface area contributed by atoms with Gasteiger partial charge >= 0.3 is 0 Å². The maximum absolute atomic E-state index is 4.36. The monoisotopic (exact) mass is 309 g/mol. The molecule has 0 aliphatic rings. The molecule has 2 aromatic rings. The van der Waals surface area contributed by atoms with Crippen LogP contribution < -0.4 is 5.32 Å². The number of nitrogens with one attached hydrogen (secondary N) is 1. The van der Waals surface area contributed by atoms with E-state index >= 15 is 0 Å². The Balaban J connectivity index is 2.24. The molecule has 1 unspecified atom stereocenters. The molecule has 5 nitrogen and oxygen atoms in total. The molecule has 0 saturated heterocycles. The minimum Gasteiger partial charge on any atom is -0.309 e. The van der Waals surface area contributed by atoms with Gasteiger partial charge in [0, 0.05) is 25.4 Å². The van der Waals surface area contributed by atoms with Crippen molar-refractivity contribution in [3.63, 3.8) is 0 Å². The highest BCUT2D eigenvalue weighted by atomic mass is 79.9. The van der Waals surface area contributed by atoms with Gasteiger partial charge < -0.3 is 5.32 Å². The minimum absolute atomic E-state index is 0.152. The minimum atomic E-state index is 0.152. The summed E-state index contributed by atoms with van der Waals surface area (Å²) in [4.78, 5) is 4.36. The molecule has 0 amide bonds. The highest BCUT2D eigenvalue weighted by Crippen LogP contribution is 2.23. The second kappa shape index (κ2) is 6.06. The van der Waals surface area contributed by atoms with Crippen molar-refractivity contribution in [1.29, 1.82) is 0 Å². The van der Waals surface area contributed by atoms with Gasteiger partial charge in [0.2, 0.25) is 0 Å². The maximum atomic E-state index is 4.36. The molecule has 6 heteroatoms. The fourth-order valence-corrected chi connectivity index (χ4v) is 2.55. The summed E-state index contributed by atoms with van der Waals surface area (Å²) in [5.74, 6) is 0. The van der Waals surface area contributed by atoms with E-state index in [1.807, 2.05) is 31.4 Å². The molecule has 0 spiro atoms. The zero-order valence-corrected chi connectivity index (χ0v) is 12.1. The number of rotatable bonds is 5. The highest BCUT2D eigenvalue weighted by Gasteiger charge is 2.20. The molecule has 0 fully saturated rings. The molecule has 0 saturated carbocycles.